The molecule has 18 heavy (non-hydrogen) atoms. The molecular formula is C16H17NO. The molecule has 0 radical (unpaired) electrons. The largest absolute Gasteiger partial charge is 0.399 e. The van der Waals surface area contributed by atoms with E-state index < -0.39 is 0 Å². The van der Waals surface area contributed by atoms with Crippen molar-refractivity contribution >= 4 is 11.5 Å². The van der Waals surface area contributed by atoms with Crippen molar-refractivity contribution < 1.29 is 4.79 Å². The van der Waals surface area contributed by atoms with E-state index in [1.54, 1.807) is 12.1 Å². The Hall–Kier alpha value is -2.09. The Bertz CT molecular complexity index is 587. The monoisotopic (exact) mass is 239 g/mol. The molecule has 0 saturated carbocycles. The number of carbonyl (C=O) groups is 1. The molecule has 0 aliphatic heterocycles. The van der Waals surface area contributed by atoms with Gasteiger partial charge in [-0.15, -0.1) is 0 Å². The van der Waals surface area contributed by atoms with Crippen molar-refractivity contribution in [1.82, 2.24) is 0 Å². The summed E-state index contributed by atoms with van der Waals surface area (Å²) in [5.74, 6) is 0.128. The molecule has 0 aliphatic rings. The molecule has 2 heteroatoms. The fraction of sp³-hybridized carbons (Fsp3) is 0.188. The first-order valence-corrected chi connectivity index (χ1v) is 6.01. The van der Waals surface area contributed by atoms with Gasteiger partial charge in [-0.1, -0.05) is 29.8 Å². The number of benzene rings is 2. The van der Waals surface area contributed by atoms with Crippen molar-refractivity contribution in [3.05, 3.63) is 64.7 Å². The molecular weight excluding hydrogens is 222 g/mol. The summed E-state index contributed by atoms with van der Waals surface area (Å²) < 4.78 is 0. The molecule has 0 bridgehead atoms. The van der Waals surface area contributed by atoms with Gasteiger partial charge >= 0.3 is 0 Å². The number of anilines is 1. The summed E-state index contributed by atoms with van der Waals surface area (Å²) in [6.07, 6.45) is 0.436. The molecule has 0 aliphatic carbocycles. The average Bonchev–Trinajstić information content (AvgIpc) is 2.32. The number of nitrogen functional groups attached to an aromatic ring is 1. The van der Waals surface area contributed by atoms with Crippen molar-refractivity contribution in [3.8, 4) is 0 Å². The Kier molecular flexibility index (Phi) is 3.47. The lowest BCUT2D eigenvalue weighted by atomic mass is 10.00. The van der Waals surface area contributed by atoms with Crippen LogP contribution in [0, 0.1) is 13.8 Å². The predicted molar refractivity (Wildman–Crippen MR) is 74.8 cm³/mol. The minimum atomic E-state index is 0.128. The van der Waals surface area contributed by atoms with Crippen molar-refractivity contribution in [2.24, 2.45) is 0 Å². The Morgan fingerprint density at radius 3 is 2.56 bits per heavy atom. The van der Waals surface area contributed by atoms with Crippen LogP contribution in [-0.4, -0.2) is 5.78 Å². The molecule has 0 amide bonds. The van der Waals surface area contributed by atoms with Gasteiger partial charge in [0.1, 0.15) is 0 Å². The van der Waals surface area contributed by atoms with E-state index >= 15 is 0 Å². The van der Waals surface area contributed by atoms with Gasteiger partial charge in [-0.2, -0.15) is 0 Å². The first-order chi connectivity index (χ1) is 8.56. The van der Waals surface area contributed by atoms with Crippen LogP contribution in [0.1, 0.15) is 27.0 Å². The second kappa shape index (κ2) is 5.05. The fourth-order valence-electron chi connectivity index (χ4n) is 1.96. The Morgan fingerprint density at radius 2 is 1.89 bits per heavy atom. The number of rotatable bonds is 3. The summed E-state index contributed by atoms with van der Waals surface area (Å²) >= 11 is 0. The van der Waals surface area contributed by atoms with E-state index in [-0.39, 0.29) is 5.78 Å². The number of aryl methyl sites for hydroxylation is 2. The fourth-order valence-corrected chi connectivity index (χ4v) is 1.96. The summed E-state index contributed by atoms with van der Waals surface area (Å²) in [5, 5.41) is 0. The van der Waals surface area contributed by atoms with E-state index in [1.807, 2.05) is 44.2 Å². The van der Waals surface area contributed by atoms with Gasteiger partial charge in [0.2, 0.25) is 0 Å². The van der Waals surface area contributed by atoms with Crippen LogP contribution < -0.4 is 5.73 Å². The minimum Gasteiger partial charge on any atom is -0.399 e. The molecule has 2 N–H and O–H groups in total. The zero-order valence-corrected chi connectivity index (χ0v) is 10.7. The smallest absolute Gasteiger partial charge is 0.167 e. The van der Waals surface area contributed by atoms with Crippen LogP contribution in [0.4, 0.5) is 5.69 Å². The molecule has 92 valence electrons. The van der Waals surface area contributed by atoms with E-state index in [9.17, 15) is 4.79 Å². The molecule has 0 saturated heterocycles. The van der Waals surface area contributed by atoms with Gasteiger partial charge in [0.05, 0.1) is 0 Å². The summed E-state index contributed by atoms with van der Waals surface area (Å²) in [6.45, 7) is 3.94. The first kappa shape index (κ1) is 12.4. The lowest BCUT2D eigenvalue weighted by Crippen LogP contribution is -2.04. The van der Waals surface area contributed by atoms with Crippen LogP contribution in [0.3, 0.4) is 0 Å². The van der Waals surface area contributed by atoms with Crippen LogP contribution in [0.25, 0.3) is 0 Å². The lowest BCUT2D eigenvalue weighted by Gasteiger charge is -2.05. The van der Waals surface area contributed by atoms with Crippen LogP contribution in [0.15, 0.2) is 42.5 Å². The highest BCUT2D eigenvalue weighted by atomic mass is 16.1. The summed E-state index contributed by atoms with van der Waals surface area (Å²) in [6, 6.07) is 13.5. The van der Waals surface area contributed by atoms with Crippen molar-refractivity contribution in [2.45, 2.75) is 20.3 Å². The standard InChI is InChI=1S/C16H17NO/c1-11-4-3-5-13(8-11)10-16(18)14-6-7-15(17)12(2)9-14/h3-9H,10,17H2,1-2H3. The molecule has 2 rings (SSSR count). The second-order valence-corrected chi connectivity index (χ2v) is 4.66. The van der Waals surface area contributed by atoms with Crippen LogP contribution in [-0.2, 0) is 6.42 Å². The highest BCUT2D eigenvalue weighted by Gasteiger charge is 2.08. The van der Waals surface area contributed by atoms with Gasteiger partial charge in [0.15, 0.2) is 5.78 Å². The maximum absolute atomic E-state index is 12.1. The Morgan fingerprint density at radius 1 is 1.11 bits per heavy atom. The quantitative estimate of drug-likeness (QED) is 0.659. The summed E-state index contributed by atoms with van der Waals surface area (Å²) in [7, 11) is 0. The van der Waals surface area contributed by atoms with Gasteiger partial charge in [-0.25, -0.2) is 0 Å². The zero-order chi connectivity index (χ0) is 13.1. The molecule has 0 fully saturated rings. The third-order valence-corrected chi connectivity index (χ3v) is 3.04. The van der Waals surface area contributed by atoms with Gasteiger partial charge < -0.3 is 5.73 Å². The number of nitrogens with two attached hydrogens (primary N) is 1. The molecule has 2 aromatic rings. The van der Waals surface area contributed by atoms with Crippen LogP contribution in [0.2, 0.25) is 0 Å². The SMILES string of the molecule is Cc1cccc(CC(=O)c2ccc(N)c(C)c2)c1. The molecule has 0 unspecified atom stereocenters. The third-order valence-electron chi connectivity index (χ3n) is 3.04. The number of hydrogen-bond acceptors (Lipinski definition) is 2. The van der Waals surface area contributed by atoms with Crippen molar-refractivity contribution in [1.29, 1.82) is 0 Å². The molecule has 2 nitrogen and oxygen atoms in total. The first-order valence-electron chi connectivity index (χ1n) is 6.01. The van der Waals surface area contributed by atoms with Crippen LogP contribution >= 0.6 is 0 Å². The number of carbonyl (C=O) groups excluding carboxylic acids is 1. The molecule has 0 atom stereocenters. The summed E-state index contributed by atoms with van der Waals surface area (Å²) in [5.41, 5.74) is 10.4. The topological polar surface area (TPSA) is 43.1 Å². The predicted octanol–water partition coefficient (Wildman–Crippen LogP) is 3.31. The normalized spacial score (nSPS) is 10.3. The Labute approximate surface area is 107 Å². The molecule has 2 aromatic carbocycles. The minimum absolute atomic E-state index is 0.128. The maximum Gasteiger partial charge on any atom is 0.167 e. The number of Topliss-reactive ketones (excluding diaryl/α,β-unsaturated/α-hetero) is 1. The van der Waals surface area contributed by atoms with Crippen molar-refractivity contribution in [3.63, 3.8) is 0 Å². The second-order valence-electron chi connectivity index (χ2n) is 4.66. The highest BCUT2D eigenvalue weighted by molar-refractivity contribution is 5.98. The highest BCUT2D eigenvalue weighted by Crippen LogP contribution is 2.15. The summed E-state index contributed by atoms with van der Waals surface area (Å²) in [4.78, 5) is 12.1. The number of ketones is 1. The Balaban J connectivity index is 2.19. The van der Waals surface area contributed by atoms with E-state index in [4.69, 9.17) is 5.73 Å². The molecule has 0 aromatic heterocycles. The average molecular weight is 239 g/mol. The maximum atomic E-state index is 12.1. The van der Waals surface area contributed by atoms with E-state index in [2.05, 4.69) is 0 Å². The van der Waals surface area contributed by atoms with E-state index in [0.717, 1.165) is 22.4 Å². The van der Waals surface area contributed by atoms with Crippen LogP contribution in [0.5, 0.6) is 0 Å². The third kappa shape index (κ3) is 2.77. The van der Waals surface area contributed by atoms with Gasteiger partial charge in [-0.3, -0.25) is 4.79 Å². The van der Waals surface area contributed by atoms with Gasteiger partial charge in [0, 0.05) is 17.7 Å². The number of hydrogen-bond donors (Lipinski definition) is 1. The molecule has 0 spiro atoms. The zero-order valence-electron chi connectivity index (χ0n) is 10.7. The molecule has 0 heterocycles. The van der Waals surface area contributed by atoms with Gasteiger partial charge in [0.25, 0.3) is 0 Å². The van der Waals surface area contributed by atoms with E-state index in [0.29, 0.717) is 6.42 Å². The van der Waals surface area contributed by atoms with Crippen molar-refractivity contribution in [2.75, 3.05) is 5.73 Å². The van der Waals surface area contributed by atoms with Gasteiger partial charge in [-0.05, 0) is 43.2 Å². The van der Waals surface area contributed by atoms with E-state index in [1.165, 1.54) is 5.56 Å². The lowest BCUT2D eigenvalue weighted by molar-refractivity contribution is 0.0993.